The number of carbonyl (C=O) groups is 2. The van der Waals surface area contributed by atoms with E-state index in [1.54, 1.807) is 26.1 Å². The lowest BCUT2D eigenvalue weighted by Gasteiger charge is -2.25. The van der Waals surface area contributed by atoms with Gasteiger partial charge in [0.15, 0.2) is 5.78 Å². The Labute approximate surface area is 162 Å². The normalized spacial score (nSPS) is 12.5. The number of hydrogen-bond acceptors (Lipinski definition) is 4. The fraction of sp³-hybridized carbons (Fsp3) is 0.350. The second-order valence-electron chi connectivity index (χ2n) is 6.97. The van der Waals surface area contributed by atoms with Gasteiger partial charge in [-0.15, -0.1) is 0 Å². The average Bonchev–Trinajstić information content (AvgIpc) is 2.53. The molecule has 1 unspecified atom stereocenters. The van der Waals surface area contributed by atoms with Crippen LogP contribution in [0.3, 0.4) is 0 Å². The highest BCUT2D eigenvalue weighted by Crippen LogP contribution is 2.23. The number of rotatable bonds is 7. The van der Waals surface area contributed by atoms with E-state index < -0.39 is 11.7 Å². The molecule has 1 aromatic heterocycles. The van der Waals surface area contributed by atoms with Gasteiger partial charge in [0.25, 0.3) is 0 Å². The number of ketones is 1. The van der Waals surface area contributed by atoms with E-state index in [1.165, 1.54) is 0 Å². The smallest absolute Gasteiger partial charge is 0.405 e. The zero-order valence-electron chi connectivity index (χ0n) is 15.2. The van der Waals surface area contributed by atoms with E-state index in [0.717, 1.165) is 15.6 Å². The fourth-order valence-corrected chi connectivity index (χ4v) is 3.36. The van der Waals surface area contributed by atoms with Gasteiger partial charge in [0, 0.05) is 23.0 Å². The molecule has 0 aliphatic rings. The number of aromatic nitrogens is 1. The molecule has 0 saturated heterocycles. The Kier molecular flexibility index (Phi) is 6.53. The Morgan fingerprint density at radius 1 is 1.27 bits per heavy atom. The van der Waals surface area contributed by atoms with E-state index in [-0.39, 0.29) is 11.7 Å². The lowest BCUT2D eigenvalue weighted by Crippen LogP contribution is -2.34. The summed E-state index contributed by atoms with van der Waals surface area (Å²) in [7, 11) is 0. The Hall–Kier alpha value is -2.21. The number of primary amides is 1. The van der Waals surface area contributed by atoms with Crippen LogP contribution in [0.25, 0.3) is 0 Å². The molecular weight excluding hydrogens is 396 g/mol. The zero-order valence-corrected chi connectivity index (χ0v) is 16.7. The number of Topliss-reactive ketones (excluding diaryl/α,β-unsaturated/α-hetero) is 1. The van der Waals surface area contributed by atoms with Crippen LogP contribution in [0.4, 0.5) is 4.79 Å². The molecule has 0 saturated carbocycles. The second kappa shape index (κ2) is 8.45. The van der Waals surface area contributed by atoms with Gasteiger partial charge in [0.1, 0.15) is 11.3 Å². The van der Waals surface area contributed by atoms with Gasteiger partial charge < -0.3 is 10.5 Å². The quantitative estimate of drug-likeness (QED) is 0.678. The van der Waals surface area contributed by atoms with E-state index >= 15 is 0 Å². The number of halogens is 1. The molecule has 138 valence electrons. The van der Waals surface area contributed by atoms with E-state index in [0.29, 0.717) is 18.5 Å². The zero-order chi connectivity index (χ0) is 19.3. The van der Waals surface area contributed by atoms with Crippen molar-refractivity contribution >= 4 is 27.8 Å². The largest absolute Gasteiger partial charge is 0.443 e. The number of benzene rings is 1. The number of hydrogen-bond donors (Lipinski definition) is 1. The third-order valence-electron chi connectivity index (χ3n) is 4.00. The Balaban J connectivity index is 2.19. The topological polar surface area (TPSA) is 82.3 Å². The average molecular weight is 419 g/mol. The molecule has 0 aliphatic carbocycles. The Morgan fingerprint density at radius 2 is 2.00 bits per heavy atom. The maximum Gasteiger partial charge on any atom is 0.405 e. The van der Waals surface area contributed by atoms with Crippen LogP contribution in [0.15, 0.2) is 47.1 Å². The molecule has 1 heterocycles. The monoisotopic (exact) mass is 418 g/mol. The van der Waals surface area contributed by atoms with Crippen LogP contribution >= 0.6 is 15.9 Å². The summed E-state index contributed by atoms with van der Waals surface area (Å²) in [6, 6.07) is 11.5. The van der Waals surface area contributed by atoms with E-state index in [4.69, 9.17) is 10.5 Å². The Morgan fingerprint density at radius 3 is 2.65 bits per heavy atom. The maximum atomic E-state index is 13.0. The molecule has 0 fully saturated rings. The first-order chi connectivity index (χ1) is 12.2. The summed E-state index contributed by atoms with van der Waals surface area (Å²) in [6.07, 6.45) is 1.74. The van der Waals surface area contributed by atoms with E-state index in [9.17, 15) is 9.59 Å². The molecule has 2 aromatic rings. The Bertz CT molecular complexity index is 805. The van der Waals surface area contributed by atoms with Crippen LogP contribution in [0, 0.1) is 5.92 Å². The van der Waals surface area contributed by atoms with Crippen molar-refractivity contribution in [2.24, 2.45) is 11.7 Å². The minimum atomic E-state index is -0.838. The standard InChI is InChI=1S/C20H23BrN2O3/c1-13(10-14-6-4-8-16(21)11-14)18(24)17-15(7-5-9-23-17)12-20(2,3)26-19(22)25/h4-9,11,13H,10,12H2,1-3H3,(H2,22,25). The van der Waals surface area contributed by atoms with Gasteiger partial charge in [-0.25, -0.2) is 4.79 Å². The number of nitrogens with two attached hydrogens (primary N) is 1. The first-order valence-corrected chi connectivity index (χ1v) is 9.18. The van der Waals surface area contributed by atoms with Crippen LogP contribution in [0.2, 0.25) is 0 Å². The lowest BCUT2D eigenvalue weighted by atomic mass is 9.90. The first kappa shape index (κ1) is 20.1. The second-order valence-corrected chi connectivity index (χ2v) is 7.88. The van der Waals surface area contributed by atoms with Gasteiger partial charge in [-0.05, 0) is 49.6 Å². The molecule has 26 heavy (non-hydrogen) atoms. The summed E-state index contributed by atoms with van der Waals surface area (Å²) in [6.45, 7) is 5.40. The number of nitrogens with zero attached hydrogens (tertiary/aromatic N) is 1. The van der Waals surface area contributed by atoms with Crippen molar-refractivity contribution in [2.75, 3.05) is 0 Å². The molecule has 1 amide bonds. The maximum absolute atomic E-state index is 13.0. The molecule has 1 aromatic carbocycles. The molecule has 2 rings (SSSR count). The van der Waals surface area contributed by atoms with Gasteiger partial charge in [-0.1, -0.05) is 41.1 Å². The van der Waals surface area contributed by atoms with Crippen molar-refractivity contribution in [3.63, 3.8) is 0 Å². The summed E-state index contributed by atoms with van der Waals surface area (Å²) in [5.41, 5.74) is 6.54. The minimum absolute atomic E-state index is 0.0320. The number of pyridine rings is 1. The van der Waals surface area contributed by atoms with Gasteiger partial charge in [-0.2, -0.15) is 0 Å². The highest BCUT2D eigenvalue weighted by molar-refractivity contribution is 9.10. The first-order valence-electron chi connectivity index (χ1n) is 8.39. The van der Waals surface area contributed by atoms with Crippen molar-refractivity contribution < 1.29 is 14.3 Å². The minimum Gasteiger partial charge on any atom is -0.443 e. The van der Waals surface area contributed by atoms with Crippen LogP contribution in [-0.2, 0) is 17.6 Å². The summed E-state index contributed by atoms with van der Waals surface area (Å²) >= 11 is 3.45. The summed E-state index contributed by atoms with van der Waals surface area (Å²) < 4.78 is 6.12. The highest BCUT2D eigenvalue weighted by atomic mass is 79.9. The van der Waals surface area contributed by atoms with Crippen LogP contribution < -0.4 is 5.73 Å². The molecule has 0 spiro atoms. The van der Waals surface area contributed by atoms with Crippen LogP contribution in [0.5, 0.6) is 0 Å². The van der Waals surface area contributed by atoms with Gasteiger partial charge in [0.05, 0.1) is 0 Å². The van der Waals surface area contributed by atoms with Gasteiger partial charge >= 0.3 is 6.09 Å². The van der Waals surface area contributed by atoms with Gasteiger partial charge in [-0.3, -0.25) is 9.78 Å². The third kappa shape index (κ3) is 5.66. The van der Waals surface area contributed by atoms with E-state index in [2.05, 4.69) is 20.9 Å². The van der Waals surface area contributed by atoms with E-state index in [1.807, 2.05) is 37.3 Å². The molecule has 1 atom stereocenters. The number of ether oxygens (including phenoxy) is 1. The molecule has 0 radical (unpaired) electrons. The summed E-state index contributed by atoms with van der Waals surface area (Å²) in [5.74, 6) is -0.256. The fourth-order valence-electron chi connectivity index (χ4n) is 2.91. The third-order valence-corrected chi connectivity index (χ3v) is 4.49. The molecule has 2 N–H and O–H groups in total. The highest BCUT2D eigenvalue weighted by Gasteiger charge is 2.27. The van der Waals surface area contributed by atoms with Crippen molar-refractivity contribution in [3.8, 4) is 0 Å². The van der Waals surface area contributed by atoms with Crippen LogP contribution in [0.1, 0.15) is 42.4 Å². The molecular formula is C20H23BrN2O3. The lowest BCUT2D eigenvalue weighted by molar-refractivity contribution is 0.0458. The summed E-state index contributed by atoms with van der Waals surface area (Å²) in [5, 5.41) is 0. The number of carbonyl (C=O) groups excluding carboxylic acids is 2. The molecule has 6 heteroatoms. The number of amides is 1. The predicted molar refractivity (Wildman–Crippen MR) is 104 cm³/mol. The van der Waals surface area contributed by atoms with Crippen molar-refractivity contribution in [2.45, 2.75) is 39.2 Å². The summed E-state index contributed by atoms with van der Waals surface area (Å²) in [4.78, 5) is 28.3. The predicted octanol–water partition coefficient (Wildman–Crippen LogP) is 4.32. The SMILES string of the molecule is CC(Cc1cccc(Br)c1)C(=O)c1ncccc1CC(C)(C)OC(N)=O. The van der Waals surface area contributed by atoms with Crippen molar-refractivity contribution in [1.82, 2.24) is 4.98 Å². The van der Waals surface area contributed by atoms with Gasteiger partial charge in [0.2, 0.25) is 0 Å². The van der Waals surface area contributed by atoms with Crippen molar-refractivity contribution in [1.29, 1.82) is 0 Å². The molecule has 0 aliphatic heterocycles. The molecule has 5 nitrogen and oxygen atoms in total. The van der Waals surface area contributed by atoms with Crippen LogP contribution in [-0.4, -0.2) is 22.5 Å². The van der Waals surface area contributed by atoms with Crippen molar-refractivity contribution in [3.05, 3.63) is 63.9 Å². The molecule has 0 bridgehead atoms.